The molecule has 8 nitrogen and oxygen atoms in total. The summed E-state index contributed by atoms with van der Waals surface area (Å²) in [7, 11) is -2.45. The fraction of sp³-hybridized carbons (Fsp3) is 0.300. The fourth-order valence-electron chi connectivity index (χ4n) is 3.29. The number of rotatable bonds is 6. The summed E-state index contributed by atoms with van der Waals surface area (Å²) >= 11 is 0. The summed E-state index contributed by atoms with van der Waals surface area (Å²) in [6.45, 7) is 2.70. The van der Waals surface area contributed by atoms with Crippen molar-refractivity contribution in [1.29, 1.82) is 0 Å². The molecule has 0 radical (unpaired) electrons. The number of ether oxygens (including phenoxy) is 1. The van der Waals surface area contributed by atoms with E-state index in [9.17, 15) is 21.6 Å². The van der Waals surface area contributed by atoms with Crippen molar-refractivity contribution >= 4 is 15.8 Å². The number of aromatic nitrogens is 3. The highest BCUT2D eigenvalue weighted by Gasteiger charge is 2.30. The number of fused-ring (bicyclic) bond motifs is 1. The highest BCUT2D eigenvalue weighted by atomic mass is 32.2. The van der Waals surface area contributed by atoms with Crippen molar-refractivity contribution < 1.29 is 26.3 Å². The first-order valence-corrected chi connectivity index (χ1v) is 11.1. The van der Waals surface area contributed by atoms with Gasteiger partial charge in [0, 0.05) is 24.5 Å². The molecule has 2 N–H and O–H groups in total. The normalized spacial score (nSPS) is 16.0. The van der Waals surface area contributed by atoms with E-state index in [1.165, 1.54) is 31.4 Å². The van der Waals surface area contributed by atoms with E-state index in [2.05, 4.69) is 20.0 Å². The van der Waals surface area contributed by atoms with Crippen LogP contribution in [-0.4, -0.2) is 36.1 Å². The molecule has 0 aliphatic carbocycles. The second kappa shape index (κ2) is 8.10. The number of benzene rings is 1. The van der Waals surface area contributed by atoms with Crippen LogP contribution < -0.4 is 14.8 Å². The van der Waals surface area contributed by atoms with Gasteiger partial charge in [-0.2, -0.15) is 18.2 Å². The number of hydrogen-bond donors (Lipinski definition) is 2. The molecule has 1 atom stereocenters. The van der Waals surface area contributed by atoms with Crippen LogP contribution in [0.4, 0.5) is 19.0 Å². The number of anilines is 1. The van der Waals surface area contributed by atoms with Crippen molar-refractivity contribution in [3.05, 3.63) is 53.9 Å². The van der Waals surface area contributed by atoms with E-state index in [1.807, 2.05) is 11.5 Å². The van der Waals surface area contributed by atoms with Gasteiger partial charge in [0.15, 0.2) is 0 Å². The number of sulfonamides is 1. The van der Waals surface area contributed by atoms with Crippen molar-refractivity contribution in [2.75, 3.05) is 12.4 Å². The monoisotopic (exact) mass is 467 g/mol. The van der Waals surface area contributed by atoms with Gasteiger partial charge in [0.25, 0.3) is 6.01 Å². The van der Waals surface area contributed by atoms with Crippen LogP contribution in [0.25, 0.3) is 11.3 Å². The molecular formula is C20H20F3N5O3S. The summed E-state index contributed by atoms with van der Waals surface area (Å²) in [5, 5.41) is 3.06. The minimum atomic E-state index is -4.41. The van der Waals surface area contributed by atoms with Crippen LogP contribution in [-0.2, 0) is 29.3 Å². The fourth-order valence-corrected chi connectivity index (χ4v) is 3.99. The Morgan fingerprint density at radius 3 is 2.59 bits per heavy atom. The topological polar surface area (TPSA) is 98.1 Å². The Hall–Kier alpha value is -3.12. The van der Waals surface area contributed by atoms with E-state index in [0.29, 0.717) is 35.2 Å². The van der Waals surface area contributed by atoms with Crippen LogP contribution in [0.15, 0.2) is 47.6 Å². The highest BCUT2D eigenvalue weighted by molar-refractivity contribution is 7.89. The quantitative estimate of drug-likeness (QED) is 0.578. The van der Waals surface area contributed by atoms with Gasteiger partial charge in [0.2, 0.25) is 10.0 Å². The molecule has 2 aromatic heterocycles. The standard InChI is InChI=1S/C20H20F3N5O3S/c1-12-10-28-11-17(27-19(28)31-12)16-7-15(32(29,30)24-2)9-26-18(16)25-8-13-3-5-14(6-4-13)20(21,22)23/h3-7,9,11-12,24H,8,10H2,1-2H3,(H,25,26)/t12-/m1/s1. The van der Waals surface area contributed by atoms with E-state index in [1.54, 1.807) is 6.20 Å². The maximum absolute atomic E-state index is 12.8. The van der Waals surface area contributed by atoms with Crippen LogP contribution in [0, 0.1) is 0 Å². The van der Waals surface area contributed by atoms with Crippen LogP contribution in [0.3, 0.4) is 0 Å². The Kier molecular flexibility index (Phi) is 5.59. The first-order chi connectivity index (χ1) is 15.1. The first-order valence-electron chi connectivity index (χ1n) is 9.64. The van der Waals surface area contributed by atoms with E-state index < -0.39 is 21.8 Å². The second-order valence-electron chi connectivity index (χ2n) is 7.31. The number of nitrogens with one attached hydrogen (secondary N) is 2. The maximum Gasteiger partial charge on any atom is 0.416 e. The molecule has 32 heavy (non-hydrogen) atoms. The van der Waals surface area contributed by atoms with E-state index >= 15 is 0 Å². The summed E-state index contributed by atoms with van der Waals surface area (Å²) in [6, 6.07) is 6.61. The maximum atomic E-state index is 12.8. The van der Waals surface area contributed by atoms with Gasteiger partial charge >= 0.3 is 6.18 Å². The molecule has 0 unspecified atom stereocenters. The van der Waals surface area contributed by atoms with Crippen LogP contribution >= 0.6 is 0 Å². The lowest BCUT2D eigenvalue weighted by atomic mass is 10.1. The minimum Gasteiger partial charge on any atom is -0.460 e. The Balaban J connectivity index is 1.65. The Labute approximate surface area is 182 Å². The Bertz CT molecular complexity index is 1220. The van der Waals surface area contributed by atoms with Crippen molar-refractivity contribution in [3.63, 3.8) is 0 Å². The van der Waals surface area contributed by atoms with Crippen LogP contribution in [0.1, 0.15) is 18.1 Å². The predicted molar refractivity (Wildman–Crippen MR) is 111 cm³/mol. The van der Waals surface area contributed by atoms with Crippen LogP contribution in [0.2, 0.25) is 0 Å². The third-order valence-electron chi connectivity index (χ3n) is 4.96. The van der Waals surface area contributed by atoms with E-state index in [-0.39, 0.29) is 17.5 Å². The molecule has 0 bridgehead atoms. The van der Waals surface area contributed by atoms with Gasteiger partial charge in [-0.25, -0.2) is 18.1 Å². The summed E-state index contributed by atoms with van der Waals surface area (Å²) in [4.78, 5) is 8.63. The molecule has 0 saturated carbocycles. The Morgan fingerprint density at radius 1 is 1.25 bits per heavy atom. The van der Waals surface area contributed by atoms with Gasteiger partial charge in [-0.15, -0.1) is 0 Å². The van der Waals surface area contributed by atoms with Gasteiger partial charge in [-0.3, -0.25) is 4.57 Å². The van der Waals surface area contributed by atoms with Gasteiger partial charge in [0.1, 0.15) is 16.8 Å². The zero-order valence-electron chi connectivity index (χ0n) is 17.1. The molecule has 1 aromatic carbocycles. The molecule has 1 aliphatic heterocycles. The summed E-state index contributed by atoms with van der Waals surface area (Å²) in [5.41, 5.74) is 0.750. The van der Waals surface area contributed by atoms with Gasteiger partial charge in [-0.05, 0) is 37.7 Å². The van der Waals surface area contributed by atoms with Gasteiger partial charge in [0.05, 0.1) is 17.8 Å². The summed E-state index contributed by atoms with van der Waals surface area (Å²) in [5.74, 6) is 0.338. The number of nitrogens with zero attached hydrogens (tertiary/aromatic N) is 3. The number of hydrogen-bond acceptors (Lipinski definition) is 6. The molecular weight excluding hydrogens is 447 g/mol. The van der Waals surface area contributed by atoms with Crippen molar-refractivity contribution in [3.8, 4) is 17.3 Å². The zero-order valence-corrected chi connectivity index (χ0v) is 18.0. The Morgan fingerprint density at radius 2 is 1.97 bits per heavy atom. The molecule has 12 heteroatoms. The largest absolute Gasteiger partial charge is 0.460 e. The molecule has 0 fully saturated rings. The smallest absolute Gasteiger partial charge is 0.416 e. The highest BCUT2D eigenvalue weighted by Crippen LogP contribution is 2.33. The molecule has 3 heterocycles. The minimum absolute atomic E-state index is 0.0158. The van der Waals surface area contributed by atoms with Crippen molar-refractivity contribution in [2.24, 2.45) is 0 Å². The summed E-state index contributed by atoms with van der Waals surface area (Å²) < 4.78 is 72.5. The number of alkyl halides is 3. The average molecular weight is 467 g/mol. The zero-order chi connectivity index (χ0) is 23.1. The van der Waals surface area contributed by atoms with Crippen LogP contribution in [0.5, 0.6) is 6.01 Å². The molecule has 0 spiro atoms. The van der Waals surface area contributed by atoms with Crippen molar-refractivity contribution in [2.45, 2.75) is 37.2 Å². The third kappa shape index (κ3) is 4.41. The molecule has 4 rings (SSSR count). The molecule has 0 saturated heterocycles. The molecule has 1 aliphatic rings. The predicted octanol–water partition coefficient (Wildman–Crippen LogP) is 3.27. The van der Waals surface area contributed by atoms with Gasteiger partial charge in [-0.1, -0.05) is 12.1 Å². The third-order valence-corrected chi connectivity index (χ3v) is 6.34. The summed E-state index contributed by atoms with van der Waals surface area (Å²) in [6.07, 6.45) is -1.48. The SMILES string of the molecule is CNS(=O)(=O)c1cnc(NCc2ccc(C(F)(F)F)cc2)c(-c2cn3c(n2)O[C@H](C)C3)c1. The molecule has 170 valence electrons. The van der Waals surface area contributed by atoms with Crippen molar-refractivity contribution in [1.82, 2.24) is 19.3 Å². The van der Waals surface area contributed by atoms with Gasteiger partial charge < -0.3 is 10.1 Å². The van der Waals surface area contributed by atoms with E-state index in [0.717, 1.165) is 12.1 Å². The number of pyridine rings is 1. The lowest BCUT2D eigenvalue weighted by Crippen LogP contribution is -2.19. The number of imidazole rings is 1. The lowest BCUT2D eigenvalue weighted by Gasteiger charge is -2.13. The number of halogens is 3. The average Bonchev–Trinajstić information content (AvgIpc) is 3.29. The second-order valence-corrected chi connectivity index (χ2v) is 9.20. The molecule has 3 aromatic rings. The molecule has 0 amide bonds. The first kappa shape index (κ1) is 22.1. The lowest BCUT2D eigenvalue weighted by molar-refractivity contribution is -0.137. The van der Waals surface area contributed by atoms with E-state index in [4.69, 9.17) is 4.74 Å².